The summed E-state index contributed by atoms with van der Waals surface area (Å²) in [4.78, 5) is 0. The van der Waals surface area contributed by atoms with E-state index in [0.717, 1.165) is 33.2 Å². The van der Waals surface area contributed by atoms with Crippen LogP contribution in [0.15, 0.2) is 393 Å². The molecule has 0 N–H and O–H groups in total. The molecule has 3 aliphatic carbocycles. The van der Waals surface area contributed by atoms with Crippen LogP contribution in [0.25, 0.3) is 211 Å². The summed E-state index contributed by atoms with van der Waals surface area (Å²) in [5, 5.41) is 2.30. The van der Waals surface area contributed by atoms with Crippen LogP contribution in [0.5, 0.6) is 0 Å². The first-order valence-electron chi connectivity index (χ1n) is 39.8. The molecule has 15 aromatic carbocycles. The van der Waals surface area contributed by atoms with Crippen molar-refractivity contribution in [2.75, 3.05) is 0 Å². The normalized spacial score (nSPS) is 11.6. The van der Waals surface area contributed by atoms with E-state index >= 15 is 0 Å². The second kappa shape index (κ2) is 29.0. The number of furan rings is 1. The maximum absolute atomic E-state index is 6.52. The van der Waals surface area contributed by atoms with Crippen LogP contribution in [0.4, 0.5) is 0 Å². The number of nitrogens with zero attached hydrogens (tertiary/aromatic N) is 3. The molecule has 19 aromatic rings. The van der Waals surface area contributed by atoms with Crippen molar-refractivity contribution in [3.8, 4) is 190 Å². The van der Waals surface area contributed by atoms with E-state index in [1.807, 2.05) is 6.07 Å². The number of benzene rings is 15. The first-order chi connectivity index (χ1) is 56.6. The lowest BCUT2D eigenvalue weighted by molar-refractivity contribution is -0.659. The summed E-state index contributed by atoms with van der Waals surface area (Å²) in [7, 11) is 6.49. The average molecular weight is 1470 g/mol. The highest BCUT2D eigenvalue weighted by molar-refractivity contribution is 6.11. The van der Waals surface area contributed by atoms with Crippen LogP contribution in [0.2, 0.25) is 0 Å². The largest absolute Gasteiger partial charge is 0.455 e. The number of para-hydroxylation sites is 1. The third-order valence-electron chi connectivity index (χ3n) is 23.9. The van der Waals surface area contributed by atoms with Crippen LogP contribution < -0.4 is 13.7 Å². The number of pyridine rings is 3. The maximum atomic E-state index is 6.52. The summed E-state index contributed by atoms with van der Waals surface area (Å²) in [5.41, 5.74) is 48.0. The summed E-state index contributed by atoms with van der Waals surface area (Å²) < 4.78 is 13.4. The van der Waals surface area contributed by atoms with Crippen molar-refractivity contribution < 1.29 is 18.1 Å². The number of hydrogen-bond acceptors (Lipinski definition) is 1. The molecular formula is C111H82N3O+3. The highest BCUT2D eigenvalue weighted by atomic mass is 16.3. The zero-order valence-corrected chi connectivity index (χ0v) is 65.2. The molecule has 0 radical (unpaired) electrons. The van der Waals surface area contributed by atoms with E-state index in [0.29, 0.717) is 0 Å². The first-order valence-corrected chi connectivity index (χ1v) is 39.8. The molecule has 0 aliphatic heterocycles. The summed E-state index contributed by atoms with van der Waals surface area (Å²) >= 11 is 0. The van der Waals surface area contributed by atoms with Gasteiger partial charge >= 0.3 is 0 Å². The second-order valence-corrected chi connectivity index (χ2v) is 30.7. The minimum absolute atomic E-state index is 0.920. The summed E-state index contributed by atoms with van der Waals surface area (Å²) in [6.07, 6.45) is 6.94. The van der Waals surface area contributed by atoms with Gasteiger partial charge in [0, 0.05) is 56.8 Å². The summed E-state index contributed by atoms with van der Waals surface area (Å²) in [6.45, 7) is 6.61. The Labute approximate surface area is 672 Å². The van der Waals surface area contributed by atoms with Crippen LogP contribution in [-0.4, -0.2) is 0 Å². The topological polar surface area (TPSA) is 24.8 Å². The Morgan fingerprint density at radius 1 is 0.183 bits per heavy atom. The number of hydrogen-bond donors (Lipinski definition) is 0. The third-order valence-corrected chi connectivity index (χ3v) is 23.9. The average Bonchev–Trinajstić information content (AvgIpc) is 1.69. The highest BCUT2D eigenvalue weighted by Gasteiger charge is 2.32. The maximum Gasteiger partial charge on any atom is 0.217 e. The number of aromatic nitrogens is 3. The van der Waals surface area contributed by atoms with Crippen molar-refractivity contribution in [3.63, 3.8) is 0 Å². The molecule has 0 saturated heterocycles. The van der Waals surface area contributed by atoms with Crippen molar-refractivity contribution in [2.45, 2.75) is 20.8 Å². The molecule has 0 atom stereocenters. The molecule has 0 fully saturated rings. The molecule has 22 rings (SSSR count). The van der Waals surface area contributed by atoms with Crippen LogP contribution in [0.3, 0.4) is 0 Å². The number of aryl methyl sites for hydroxylation is 6. The van der Waals surface area contributed by atoms with Crippen molar-refractivity contribution in [3.05, 3.63) is 405 Å². The smallest absolute Gasteiger partial charge is 0.217 e. The Morgan fingerprint density at radius 2 is 0.470 bits per heavy atom. The predicted molar refractivity (Wildman–Crippen MR) is 477 cm³/mol. The zero-order valence-electron chi connectivity index (χ0n) is 65.2. The molecule has 4 nitrogen and oxygen atoms in total. The van der Waals surface area contributed by atoms with Crippen LogP contribution in [0.1, 0.15) is 16.7 Å². The van der Waals surface area contributed by atoms with Gasteiger partial charge in [0.15, 0.2) is 18.6 Å². The van der Waals surface area contributed by atoms with Crippen molar-refractivity contribution in [2.24, 2.45) is 21.1 Å². The zero-order chi connectivity index (χ0) is 77.4. The molecule has 0 unspecified atom stereocenters. The molecule has 4 heteroatoms. The van der Waals surface area contributed by atoms with Gasteiger partial charge in [0.05, 0.1) is 22.3 Å². The van der Waals surface area contributed by atoms with Gasteiger partial charge in [-0.1, -0.05) is 334 Å². The van der Waals surface area contributed by atoms with Gasteiger partial charge in [-0.15, -0.1) is 0 Å². The quantitative estimate of drug-likeness (QED) is 0.158. The molecule has 0 spiro atoms. The Balaban J connectivity index is 0.000000112. The Morgan fingerprint density at radius 3 is 0.843 bits per heavy atom. The summed E-state index contributed by atoms with van der Waals surface area (Å²) in [6, 6.07) is 134. The van der Waals surface area contributed by atoms with Crippen LogP contribution >= 0.6 is 0 Å². The van der Waals surface area contributed by atoms with Gasteiger partial charge in [0.25, 0.3) is 0 Å². The molecule has 0 saturated carbocycles. The lowest BCUT2D eigenvalue weighted by Crippen LogP contribution is -2.31. The van der Waals surface area contributed by atoms with E-state index in [1.54, 1.807) is 0 Å². The molecule has 0 amide bonds. The Hall–Kier alpha value is -14.5. The van der Waals surface area contributed by atoms with Crippen molar-refractivity contribution >= 4 is 21.9 Å². The molecule has 4 aromatic heterocycles. The monoisotopic (exact) mass is 1470 g/mol. The van der Waals surface area contributed by atoms with Gasteiger partial charge in [0.1, 0.15) is 32.3 Å². The van der Waals surface area contributed by atoms with E-state index in [9.17, 15) is 0 Å². The van der Waals surface area contributed by atoms with Crippen LogP contribution in [-0.2, 0) is 21.1 Å². The minimum atomic E-state index is 0.920. The molecule has 3 aliphatic rings. The van der Waals surface area contributed by atoms with E-state index in [2.05, 4.69) is 438 Å². The van der Waals surface area contributed by atoms with Crippen molar-refractivity contribution in [1.29, 1.82) is 0 Å². The highest BCUT2D eigenvalue weighted by Crippen LogP contribution is 2.53. The van der Waals surface area contributed by atoms with Gasteiger partial charge < -0.3 is 4.42 Å². The third kappa shape index (κ3) is 12.2. The lowest BCUT2D eigenvalue weighted by Gasteiger charge is -2.22. The molecular weight excluding hydrogens is 1390 g/mol. The summed E-state index contributed by atoms with van der Waals surface area (Å²) in [5.74, 6) is 0. The Bertz CT molecular complexity index is 7100. The molecule has 544 valence electrons. The molecule has 115 heavy (non-hydrogen) atoms. The van der Waals surface area contributed by atoms with Crippen LogP contribution in [0, 0.1) is 20.8 Å². The SMILES string of the molecule is Cc1cc(-c2ccccc2)ccc1-c1cc2c(c[n+]1C)-c1ccccc1-c1ccccc1-c1ccccc1-2.Cc1ccc(-c2ccccc2)cc1-c1cc2c(c[n+]1C)-c1ccccc1-c1ccccc1-c1ccccc1-2.Cc1ccc2c(oc3ccccc32)c1-c1cc2c(c[n+]1C)-c1ccccc1-c1ccccc1-c1ccccc1-2. The number of rotatable bonds is 5. The number of fused-ring (bicyclic) bond motifs is 27. The molecule has 0 bridgehead atoms. The fourth-order valence-electron chi connectivity index (χ4n) is 18.3. The van der Waals surface area contributed by atoms with E-state index < -0.39 is 0 Å². The van der Waals surface area contributed by atoms with E-state index in [-0.39, 0.29) is 0 Å². The lowest BCUT2D eigenvalue weighted by atomic mass is 9.81. The van der Waals surface area contributed by atoms with Gasteiger partial charge in [-0.3, -0.25) is 0 Å². The Kier molecular flexibility index (Phi) is 17.6. The first kappa shape index (κ1) is 69.7. The van der Waals surface area contributed by atoms with Gasteiger partial charge in [-0.25, -0.2) is 13.7 Å². The van der Waals surface area contributed by atoms with Gasteiger partial charge in [0.2, 0.25) is 17.1 Å². The predicted octanol–water partition coefficient (Wildman–Crippen LogP) is 27.6. The van der Waals surface area contributed by atoms with E-state index in [4.69, 9.17) is 4.42 Å². The fraction of sp³-hybridized carbons (Fsp3) is 0.0541. The van der Waals surface area contributed by atoms with Gasteiger partial charge in [-0.2, -0.15) is 0 Å². The minimum Gasteiger partial charge on any atom is -0.455 e. The van der Waals surface area contributed by atoms with Gasteiger partial charge in [-0.05, 0) is 178 Å². The second-order valence-electron chi connectivity index (χ2n) is 30.7. The molecule has 4 heterocycles. The standard InChI is InChI=1S/C37H26NO.2C37H28N/c1-23-19-20-31-30-17-9-10-18-35(30)39-37(31)36(23)34-21-32-28-15-7-5-13-26(28)24-11-3-4-12-25(24)27-14-6-8-16-29(27)33(32)22-38(34)2;1-25-22-27(26-12-4-3-5-13-26)20-21-28(25)37-23-35-33-18-10-8-16-31(33)29-14-6-7-15-30(29)32-17-9-11-19-34(32)36(35)24-38(37)2;1-25-20-21-27(26-12-4-3-5-13-26)22-34(25)37-23-35-32-18-10-8-16-30(32)28-14-6-7-15-29(28)31-17-9-11-19-33(31)36(35)24-38(37)2/h3-22H,1-2H3;2*3-24H,1-2H3/q3*+1. The fourth-order valence-corrected chi connectivity index (χ4v) is 18.3. The van der Waals surface area contributed by atoms with Crippen molar-refractivity contribution in [1.82, 2.24) is 0 Å². The van der Waals surface area contributed by atoms with E-state index in [1.165, 1.54) is 195 Å².